The highest BCUT2D eigenvalue weighted by Gasteiger charge is 2.21. The molecule has 22 heavy (non-hydrogen) atoms. The maximum atomic E-state index is 5.66. The van der Waals surface area contributed by atoms with E-state index in [0.717, 1.165) is 23.7 Å². The van der Waals surface area contributed by atoms with E-state index >= 15 is 0 Å². The Morgan fingerprint density at radius 2 is 1.91 bits per heavy atom. The summed E-state index contributed by atoms with van der Waals surface area (Å²) in [6.07, 6.45) is 1.91. The number of anilines is 1. The molecule has 0 bridgehead atoms. The lowest BCUT2D eigenvalue weighted by Crippen LogP contribution is -2.21. The molecule has 0 saturated carbocycles. The quantitative estimate of drug-likeness (QED) is 0.946. The van der Waals surface area contributed by atoms with Crippen molar-refractivity contribution in [2.75, 3.05) is 25.2 Å². The lowest BCUT2D eigenvalue weighted by atomic mass is 9.89. The van der Waals surface area contributed by atoms with Gasteiger partial charge in [-0.3, -0.25) is 5.10 Å². The zero-order valence-corrected chi connectivity index (χ0v) is 13.6. The Bertz CT molecular complexity index is 658. The number of H-pyrrole nitrogens is 1. The van der Waals surface area contributed by atoms with Crippen molar-refractivity contribution in [3.8, 4) is 11.5 Å². The molecule has 0 radical (unpaired) electrons. The molecule has 1 aromatic carbocycles. The number of aromatic nitrogens is 2. The standard InChI is InChI=1S/C17H23N3O2/c1-17(2,3)16-12(10-18-19-16)11-20(4)13-5-6-14-15(9-13)22-8-7-21-14/h5-6,9-10H,7-8,11H2,1-4H3,(H,18,19). The Kier molecular flexibility index (Phi) is 3.72. The number of benzene rings is 1. The molecule has 0 spiro atoms. The second-order valence-corrected chi connectivity index (χ2v) is 6.70. The number of nitrogens with one attached hydrogen (secondary N) is 1. The van der Waals surface area contributed by atoms with Gasteiger partial charge in [0.1, 0.15) is 13.2 Å². The number of rotatable bonds is 3. The zero-order chi connectivity index (χ0) is 15.7. The van der Waals surface area contributed by atoms with Gasteiger partial charge in [0.15, 0.2) is 11.5 Å². The fourth-order valence-electron chi connectivity index (χ4n) is 2.70. The summed E-state index contributed by atoms with van der Waals surface area (Å²) in [6, 6.07) is 6.07. The van der Waals surface area contributed by atoms with Crippen molar-refractivity contribution < 1.29 is 9.47 Å². The Labute approximate surface area is 131 Å². The van der Waals surface area contributed by atoms with Crippen molar-refractivity contribution in [3.05, 3.63) is 35.7 Å². The lowest BCUT2D eigenvalue weighted by Gasteiger charge is -2.25. The van der Waals surface area contributed by atoms with Crippen molar-refractivity contribution in [2.45, 2.75) is 32.7 Å². The minimum absolute atomic E-state index is 0.0550. The van der Waals surface area contributed by atoms with Crippen LogP contribution in [0.15, 0.2) is 24.4 Å². The van der Waals surface area contributed by atoms with E-state index < -0.39 is 0 Å². The average Bonchev–Trinajstić information content (AvgIpc) is 2.95. The molecular weight excluding hydrogens is 278 g/mol. The van der Waals surface area contributed by atoms with Crippen LogP contribution in [0.2, 0.25) is 0 Å². The molecule has 118 valence electrons. The van der Waals surface area contributed by atoms with Gasteiger partial charge in [-0.05, 0) is 12.1 Å². The largest absolute Gasteiger partial charge is 0.486 e. The number of fused-ring (bicyclic) bond motifs is 1. The predicted molar refractivity (Wildman–Crippen MR) is 86.8 cm³/mol. The van der Waals surface area contributed by atoms with Crippen molar-refractivity contribution in [2.24, 2.45) is 0 Å². The van der Waals surface area contributed by atoms with Crippen molar-refractivity contribution in [3.63, 3.8) is 0 Å². The molecule has 2 heterocycles. The molecule has 0 fully saturated rings. The molecule has 0 saturated heterocycles. The molecule has 1 aliphatic heterocycles. The molecule has 2 aromatic rings. The van der Waals surface area contributed by atoms with Crippen molar-refractivity contribution in [1.82, 2.24) is 10.2 Å². The first-order valence-corrected chi connectivity index (χ1v) is 7.58. The van der Waals surface area contributed by atoms with Gasteiger partial charge in [0, 0.05) is 42.0 Å². The Morgan fingerprint density at radius 1 is 1.18 bits per heavy atom. The minimum Gasteiger partial charge on any atom is -0.486 e. The first-order valence-electron chi connectivity index (χ1n) is 7.58. The SMILES string of the molecule is CN(Cc1cn[nH]c1C(C)(C)C)c1ccc2c(c1)OCCO2. The molecule has 5 nitrogen and oxygen atoms in total. The van der Waals surface area contributed by atoms with Crippen LogP contribution < -0.4 is 14.4 Å². The Hall–Kier alpha value is -2.17. The molecule has 1 aromatic heterocycles. The second-order valence-electron chi connectivity index (χ2n) is 6.70. The summed E-state index contributed by atoms with van der Waals surface area (Å²) in [7, 11) is 2.07. The van der Waals surface area contributed by atoms with Gasteiger partial charge in [-0.1, -0.05) is 20.8 Å². The van der Waals surface area contributed by atoms with Crippen LogP contribution >= 0.6 is 0 Å². The minimum atomic E-state index is 0.0550. The Balaban J connectivity index is 1.80. The topological polar surface area (TPSA) is 50.4 Å². The third kappa shape index (κ3) is 2.89. The highest BCUT2D eigenvalue weighted by atomic mass is 16.6. The van der Waals surface area contributed by atoms with Gasteiger partial charge in [0.05, 0.1) is 6.20 Å². The summed E-state index contributed by atoms with van der Waals surface area (Å²) in [5, 5.41) is 7.34. The average molecular weight is 301 g/mol. The van der Waals surface area contributed by atoms with E-state index in [4.69, 9.17) is 9.47 Å². The number of hydrogen-bond acceptors (Lipinski definition) is 4. The fourth-order valence-corrected chi connectivity index (χ4v) is 2.70. The third-order valence-corrected chi connectivity index (χ3v) is 3.84. The molecule has 0 atom stereocenters. The van der Waals surface area contributed by atoms with Crippen LogP contribution in [0.3, 0.4) is 0 Å². The van der Waals surface area contributed by atoms with E-state index in [1.54, 1.807) is 0 Å². The normalized spacial score (nSPS) is 14.0. The predicted octanol–water partition coefficient (Wildman–Crippen LogP) is 3.11. The number of aromatic amines is 1. The smallest absolute Gasteiger partial charge is 0.163 e. The van der Waals surface area contributed by atoms with Crippen LogP contribution in [0, 0.1) is 0 Å². The first kappa shape index (κ1) is 14.8. The molecule has 0 aliphatic carbocycles. The molecule has 0 amide bonds. The molecule has 5 heteroatoms. The van der Waals surface area contributed by atoms with Gasteiger partial charge < -0.3 is 14.4 Å². The van der Waals surface area contributed by atoms with Gasteiger partial charge >= 0.3 is 0 Å². The van der Waals surface area contributed by atoms with Crippen molar-refractivity contribution >= 4 is 5.69 Å². The summed E-state index contributed by atoms with van der Waals surface area (Å²) in [5.41, 5.74) is 3.55. The summed E-state index contributed by atoms with van der Waals surface area (Å²) in [6.45, 7) is 8.58. The van der Waals surface area contributed by atoms with Crippen LogP contribution in [0.1, 0.15) is 32.0 Å². The van der Waals surface area contributed by atoms with E-state index in [1.807, 2.05) is 18.3 Å². The van der Waals surface area contributed by atoms with Gasteiger partial charge in [-0.15, -0.1) is 0 Å². The van der Waals surface area contributed by atoms with Crippen LogP contribution in [-0.4, -0.2) is 30.5 Å². The molecule has 1 N–H and O–H groups in total. The molecule has 0 unspecified atom stereocenters. The van der Waals surface area contributed by atoms with Gasteiger partial charge in [-0.2, -0.15) is 5.10 Å². The van der Waals surface area contributed by atoms with E-state index in [0.29, 0.717) is 13.2 Å². The van der Waals surface area contributed by atoms with Crippen molar-refractivity contribution in [1.29, 1.82) is 0 Å². The van der Waals surface area contributed by atoms with E-state index in [1.165, 1.54) is 11.3 Å². The summed E-state index contributed by atoms with van der Waals surface area (Å²) in [4.78, 5) is 2.19. The van der Waals surface area contributed by atoms with Gasteiger partial charge in [0.25, 0.3) is 0 Å². The second kappa shape index (κ2) is 5.55. The van der Waals surface area contributed by atoms with Crippen LogP contribution in [0.4, 0.5) is 5.69 Å². The number of ether oxygens (including phenoxy) is 2. The third-order valence-electron chi connectivity index (χ3n) is 3.84. The van der Waals surface area contributed by atoms with Crippen LogP contribution in [-0.2, 0) is 12.0 Å². The first-order chi connectivity index (χ1) is 10.4. The molecule has 3 rings (SSSR count). The highest BCUT2D eigenvalue weighted by Crippen LogP contribution is 2.34. The lowest BCUT2D eigenvalue weighted by molar-refractivity contribution is 0.171. The maximum absolute atomic E-state index is 5.66. The van der Waals surface area contributed by atoms with E-state index in [-0.39, 0.29) is 5.41 Å². The van der Waals surface area contributed by atoms with Crippen LogP contribution in [0.25, 0.3) is 0 Å². The Morgan fingerprint density at radius 3 is 2.64 bits per heavy atom. The summed E-state index contributed by atoms with van der Waals surface area (Å²) in [5.74, 6) is 1.64. The van der Waals surface area contributed by atoms with Gasteiger partial charge in [0.2, 0.25) is 0 Å². The van der Waals surface area contributed by atoms with E-state index in [2.05, 4.69) is 49.0 Å². The molecular formula is C17H23N3O2. The zero-order valence-electron chi connectivity index (χ0n) is 13.6. The van der Waals surface area contributed by atoms with Gasteiger partial charge in [-0.25, -0.2) is 0 Å². The van der Waals surface area contributed by atoms with E-state index in [9.17, 15) is 0 Å². The maximum Gasteiger partial charge on any atom is 0.163 e. The summed E-state index contributed by atoms with van der Waals surface area (Å²) < 4.78 is 11.2. The fraction of sp³-hybridized carbons (Fsp3) is 0.471. The monoisotopic (exact) mass is 301 g/mol. The molecule has 1 aliphatic rings. The highest BCUT2D eigenvalue weighted by molar-refractivity contribution is 5.56. The van der Waals surface area contributed by atoms with Crippen LogP contribution in [0.5, 0.6) is 11.5 Å². The number of hydrogen-bond donors (Lipinski definition) is 1. The number of nitrogens with zero attached hydrogens (tertiary/aromatic N) is 2. The summed E-state index contributed by atoms with van der Waals surface area (Å²) >= 11 is 0.